The number of aromatic nitrogens is 8. The number of carboxylic acids is 1. The zero-order valence-electron chi connectivity index (χ0n) is 27.3. The molecule has 3 N–H and O–H groups in total. The number of nitrogens with zero attached hydrogens (tertiary/aromatic N) is 6. The number of carbonyl (C=O) groups is 6. The zero-order valence-corrected chi connectivity index (χ0v) is 30.5. The van der Waals surface area contributed by atoms with Gasteiger partial charge >= 0.3 is 23.9 Å². The maximum atomic E-state index is 12.4. The number of methoxy groups -OCH3 is 3. The summed E-state index contributed by atoms with van der Waals surface area (Å²) >= 11 is 7.36. The average molecular weight is 799 g/mol. The lowest BCUT2D eigenvalue weighted by Gasteiger charge is -1.94. The van der Waals surface area contributed by atoms with Crippen molar-refractivity contribution in [3.63, 3.8) is 0 Å². The summed E-state index contributed by atoms with van der Waals surface area (Å²) in [5.41, 5.74) is 2.58. The number of hydrogen-bond acceptors (Lipinski definition) is 18. The van der Waals surface area contributed by atoms with Crippen LogP contribution in [0.15, 0.2) is 67.0 Å². The van der Waals surface area contributed by atoms with Crippen LogP contribution in [0.3, 0.4) is 0 Å². The van der Waals surface area contributed by atoms with Crippen molar-refractivity contribution in [2.24, 2.45) is 0 Å². The van der Waals surface area contributed by atoms with Crippen molar-refractivity contribution in [1.82, 2.24) is 38.0 Å². The van der Waals surface area contributed by atoms with E-state index >= 15 is 0 Å². The van der Waals surface area contributed by atoms with Crippen LogP contribution in [0.5, 0.6) is 0 Å². The fourth-order valence-corrected chi connectivity index (χ4v) is 5.56. The Hall–Kier alpha value is -6.29. The number of carbonyl (C=O) groups excluding carboxylic acids is 5. The van der Waals surface area contributed by atoms with Crippen LogP contribution >= 0.6 is 46.2 Å². The molecule has 0 atom stereocenters. The second-order valence-electron chi connectivity index (χ2n) is 9.46. The largest absolute Gasteiger partial charge is 0.476 e. The lowest BCUT2D eigenvalue weighted by molar-refractivity contribution is 0.0579. The predicted molar refractivity (Wildman–Crippen MR) is 191 cm³/mol. The smallest absolute Gasteiger partial charge is 0.377 e. The number of para-hydroxylation sites is 2. The second-order valence-corrected chi connectivity index (χ2v) is 12.1. The molecule has 0 aliphatic carbocycles. The molecule has 0 fully saturated rings. The minimum atomic E-state index is -1.21. The number of H-pyrrole nitrogens is 2. The third kappa shape index (κ3) is 10.4. The second kappa shape index (κ2) is 18.8. The molecule has 7 rings (SSSR count). The monoisotopic (exact) mass is 798 g/mol. The van der Waals surface area contributed by atoms with Crippen LogP contribution in [0.1, 0.15) is 66.8 Å². The molecule has 7 aromatic rings. The standard InChI is InChI=1S/C13H9N3O3S.C8H7N.C5H3ClN2O3S.C5H4N2O4S/c1-19-13(18)11-15-12(20-16-11)10(17)8-6-14-9-5-3-2-4-7(8)9;1-2-4-8-7(3-1)5-6-9-8;1-11-5(10)3-7-4(2(6)9)12-8-3;1-11-5(10)2-6-3(4(8)9)12-7-2/h2-6,14H,1H3;1-6,9H;1H3;1H3,(H,8,9). The van der Waals surface area contributed by atoms with Gasteiger partial charge in [0.2, 0.25) is 10.8 Å². The lowest BCUT2D eigenvalue weighted by Crippen LogP contribution is -2.05. The number of aromatic amines is 2. The van der Waals surface area contributed by atoms with Gasteiger partial charge in [0.25, 0.3) is 22.7 Å². The molecule has 0 spiro atoms. The van der Waals surface area contributed by atoms with E-state index in [-0.39, 0.29) is 38.3 Å². The molecule has 0 amide bonds. The van der Waals surface area contributed by atoms with Crippen molar-refractivity contribution in [2.75, 3.05) is 21.3 Å². The molecule has 0 saturated heterocycles. The third-order valence-electron chi connectivity index (χ3n) is 6.22. The summed E-state index contributed by atoms with van der Waals surface area (Å²) in [7, 11) is 3.61. The Labute approximate surface area is 314 Å². The molecule has 0 unspecified atom stereocenters. The van der Waals surface area contributed by atoms with E-state index in [0.717, 1.165) is 34.0 Å². The molecular formula is C31H23ClN8O10S3. The van der Waals surface area contributed by atoms with Crippen molar-refractivity contribution < 1.29 is 48.1 Å². The van der Waals surface area contributed by atoms with Crippen molar-refractivity contribution in [1.29, 1.82) is 0 Å². The average Bonchev–Trinajstić information content (AvgIpc) is 4.03. The summed E-state index contributed by atoms with van der Waals surface area (Å²) in [6.45, 7) is 0. The fraction of sp³-hybridized carbons (Fsp3) is 0.0968. The summed E-state index contributed by atoms with van der Waals surface area (Å²) < 4.78 is 24.0. The van der Waals surface area contributed by atoms with Gasteiger partial charge in [-0.3, -0.25) is 9.59 Å². The normalized spacial score (nSPS) is 10.0. The van der Waals surface area contributed by atoms with Crippen LogP contribution in [0, 0.1) is 0 Å². The number of nitrogens with one attached hydrogen (secondary N) is 2. The molecule has 0 radical (unpaired) electrons. The SMILES string of the molecule is COC(=O)c1nsc(C(=O)Cl)n1.COC(=O)c1nsc(C(=O)O)n1.COC(=O)c1nsc(C(=O)c2c[nH]c3ccccc23)n1.c1ccc2[nH]ccc2c1. The highest BCUT2D eigenvalue weighted by Crippen LogP contribution is 2.21. The van der Waals surface area contributed by atoms with Gasteiger partial charge < -0.3 is 29.3 Å². The van der Waals surface area contributed by atoms with Crippen LogP contribution in [0.2, 0.25) is 0 Å². The Morgan fingerprint density at radius 1 is 0.642 bits per heavy atom. The van der Waals surface area contributed by atoms with Gasteiger partial charge in [-0.25, -0.2) is 34.1 Å². The first kappa shape index (κ1) is 39.5. The number of aromatic carboxylic acids is 1. The van der Waals surface area contributed by atoms with Crippen LogP contribution in [-0.4, -0.2) is 99.4 Å². The van der Waals surface area contributed by atoms with Crippen LogP contribution in [0.4, 0.5) is 0 Å². The molecule has 18 nitrogen and oxygen atoms in total. The van der Waals surface area contributed by atoms with Gasteiger partial charge in [0.05, 0.1) is 26.9 Å². The van der Waals surface area contributed by atoms with E-state index in [0.29, 0.717) is 17.1 Å². The summed E-state index contributed by atoms with van der Waals surface area (Å²) in [6, 6.07) is 17.7. The lowest BCUT2D eigenvalue weighted by atomic mass is 10.1. The van der Waals surface area contributed by atoms with E-state index in [1.54, 1.807) is 6.20 Å². The molecule has 5 aromatic heterocycles. The first-order chi connectivity index (χ1) is 25.5. The van der Waals surface area contributed by atoms with Crippen molar-refractivity contribution in [3.05, 3.63) is 105 Å². The zero-order chi connectivity index (χ0) is 38.5. The highest BCUT2D eigenvalue weighted by Gasteiger charge is 2.21. The molecule has 2 aromatic carbocycles. The number of esters is 3. The first-order valence-corrected chi connectivity index (χ1v) is 17.0. The number of rotatable bonds is 7. The number of benzene rings is 2. The Bertz CT molecular complexity index is 2310. The molecule has 53 heavy (non-hydrogen) atoms. The van der Waals surface area contributed by atoms with Crippen LogP contribution in [0.25, 0.3) is 21.8 Å². The van der Waals surface area contributed by atoms with Crippen LogP contribution in [-0.2, 0) is 14.2 Å². The summed E-state index contributed by atoms with van der Waals surface area (Å²) in [4.78, 5) is 82.9. The number of fused-ring (bicyclic) bond motifs is 2. The van der Waals surface area contributed by atoms with Crippen molar-refractivity contribution in [3.8, 4) is 0 Å². The Morgan fingerprint density at radius 2 is 1.13 bits per heavy atom. The highest BCUT2D eigenvalue weighted by atomic mass is 35.5. The Balaban J connectivity index is 0.000000166. The van der Waals surface area contributed by atoms with Gasteiger partial charge in [0.15, 0.2) is 10.0 Å². The quantitative estimate of drug-likeness (QED) is 0.0835. The molecule has 0 aliphatic rings. The molecule has 0 aliphatic heterocycles. The van der Waals surface area contributed by atoms with Crippen LogP contribution < -0.4 is 0 Å². The van der Waals surface area contributed by atoms with Crippen molar-refractivity contribution >= 4 is 103 Å². The number of ketones is 1. The molecule has 22 heteroatoms. The first-order valence-electron chi connectivity index (χ1n) is 14.3. The van der Waals surface area contributed by atoms with Gasteiger partial charge in [-0.1, -0.05) is 36.4 Å². The topological polar surface area (TPSA) is 259 Å². The third-order valence-corrected chi connectivity index (χ3v) is 8.65. The summed E-state index contributed by atoms with van der Waals surface area (Å²) in [6.07, 6.45) is 3.58. The van der Waals surface area contributed by atoms with E-state index in [1.165, 1.54) is 32.2 Å². The maximum Gasteiger partial charge on any atom is 0.377 e. The van der Waals surface area contributed by atoms with Crippen molar-refractivity contribution in [2.45, 2.75) is 0 Å². The minimum absolute atomic E-state index is 0.0166. The number of halogens is 1. The molecule has 0 bridgehead atoms. The molecule has 0 saturated carbocycles. The number of carboxylic acid groups (broad SMARTS) is 1. The Morgan fingerprint density at radius 3 is 1.64 bits per heavy atom. The van der Waals surface area contributed by atoms with E-state index in [1.807, 2.05) is 42.6 Å². The minimum Gasteiger partial charge on any atom is -0.476 e. The predicted octanol–water partition coefficient (Wildman–Crippen LogP) is 4.93. The van der Waals surface area contributed by atoms with E-state index < -0.39 is 29.1 Å². The van der Waals surface area contributed by atoms with E-state index in [9.17, 15) is 28.8 Å². The van der Waals surface area contributed by atoms with Gasteiger partial charge in [-0.05, 0) is 69.8 Å². The van der Waals surface area contributed by atoms with Gasteiger partial charge in [-0.15, -0.1) is 0 Å². The maximum absolute atomic E-state index is 12.4. The van der Waals surface area contributed by atoms with Gasteiger partial charge in [0, 0.05) is 28.8 Å². The number of ether oxygens (including phenoxy) is 3. The summed E-state index contributed by atoms with van der Waals surface area (Å²) in [5, 5.41) is 9.68. The molecule has 5 heterocycles. The van der Waals surface area contributed by atoms with E-state index in [4.69, 9.17) is 16.7 Å². The van der Waals surface area contributed by atoms with E-state index in [2.05, 4.69) is 70.5 Å². The highest BCUT2D eigenvalue weighted by molar-refractivity contribution is 7.10. The van der Waals surface area contributed by atoms with Gasteiger partial charge in [-0.2, -0.15) is 13.1 Å². The number of hydrogen-bond donors (Lipinski definition) is 3. The molecular weight excluding hydrogens is 776 g/mol. The molecule has 272 valence electrons. The fourth-order valence-electron chi connectivity index (χ4n) is 3.82. The Kier molecular flexibility index (Phi) is 14.0. The van der Waals surface area contributed by atoms with Gasteiger partial charge in [0.1, 0.15) is 0 Å². The summed E-state index contributed by atoms with van der Waals surface area (Å²) in [5.74, 6) is -4.02.